The maximum Gasteiger partial charge on any atom is 0.258 e. The van der Waals surface area contributed by atoms with Crippen LogP contribution in [0.4, 0.5) is 0 Å². The summed E-state index contributed by atoms with van der Waals surface area (Å²) < 4.78 is 0. The van der Waals surface area contributed by atoms with E-state index < -0.39 is 0 Å². The van der Waals surface area contributed by atoms with Crippen molar-refractivity contribution in [3.63, 3.8) is 0 Å². The molecule has 0 spiro atoms. The summed E-state index contributed by atoms with van der Waals surface area (Å²) in [7, 11) is 0. The third kappa shape index (κ3) is 3.70. The van der Waals surface area contributed by atoms with Crippen molar-refractivity contribution < 1.29 is 4.79 Å². The van der Waals surface area contributed by atoms with Crippen LogP contribution in [0, 0.1) is 11.8 Å². The molecule has 3 heterocycles. The van der Waals surface area contributed by atoms with Crippen molar-refractivity contribution in [3.8, 4) is 0 Å². The monoisotopic (exact) mass is 362 g/mol. The van der Waals surface area contributed by atoms with E-state index in [2.05, 4.69) is 15.3 Å². The Morgan fingerprint density at radius 3 is 2.68 bits per heavy atom. The Labute approximate surface area is 152 Å². The summed E-state index contributed by atoms with van der Waals surface area (Å²) in [6.07, 6.45) is 1.85. The lowest BCUT2D eigenvalue weighted by molar-refractivity contribution is -0.130. The number of H-pyrrole nitrogens is 1. The first-order valence-electron chi connectivity index (χ1n) is 8.67. The lowest BCUT2D eigenvalue weighted by Gasteiger charge is -2.17. The van der Waals surface area contributed by atoms with Crippen molar-refractivity contribution in [2.24, 2.45) is 11.8 Å². The number of nitrogens with zero attached hydrogens (tertiary/aromatic N) is 2. The minimum atomic E-state index is -0.109. The maximum absolute atomic E-state index is 12.4. The number of halogens is 1. The number of hydrogen-bond acceptors (Lipinski definition) is 4. The van der Waals surface area contributed by atoms with E-state index in [4.69, 9.17) is 0 Å². The second kappa shape index (κ2) is 7.54. The van der Waals surface area contributed by atoms with Crippen molar-refractivity contribution in [1.29, 1.82) is 0 Å². The number of nitrogens with one attached hydrogen (secondary N) is 2. The van der Waals surface area contributed by atoms with Crippen LogP contribution in [0.15, 0.2) is 29.1 Å². The Balaban J connectivity index is 0.00000182. The van der Waals surface area contributed by atoms with Gasteiger partial charge in [-0.3, -0.25) is 9.59 Å². The van der Waals surface area contributed by atoms with Gasteiger partial charge in [-0.05, 0) is 30.4 Å². The zero-order chi connectivity index (χ0) is 16.5. The van der Waals surface area contributed by atoms with E-state index in [0.717, 1.165) is 26.2 Å². The Morgan fingerprint density at radius 1 is 1.20 bits per heavy atom. The molecule has 1 amide bonds. The molecule has 2 aliphatic heterocycles. The largest absolute Gasteiger partial charge is 0.342 e. The number of carbonyl (C=O) groups is 1. The Morgan fingerprint density at radius 2 is 1.92 bits per heavy atom. The molecule has 2 saturated heterocycles. The predicted molar refractivity (Wildman–Crippen MR) is 99.0 cm³/mol. The molecule has 0 bridgehead atoms. The molecule has 0 saturated carbocycles. The minimum Gasteiger partial charge on any atom is -0.342 e. The molecule has 1 aromatic carbocycles. The smallest absolute Gasteiger partial charge is 0.258 e. The fourth-order valence-electron chi connectivity index (χ4n) is 3.88. The van der Waals surface area contributed by atoms with Gasteiger partial charge in [0.1, 0.15) is 5.82 Å². The Kier molecular flexibility index (Phi) is 5.39. The molecule has 134 valence electrons. The van der Waals surface area contributed by atoms with Crippen molar-refractivity contribution in [2.75, 3.05) is 26.2 Å². The second-order valence-electron chi connectivity index (χ2n) is 6.86. The van der Waals surface area contributed by atoms with Gasteiger partial charge in [0.2, 0.25) is 5.91 Å². The summed E-state index contributed by atoms with van der Waals surface area (Å²) in [5, 5.41) is 3.99. The van der Waals surface area contributed by atoms with Crippen molar-refractivity contribution >= 4 is 29.2 Å². The van der Waals surface area contributed by atoms with Gasteiger partial charge in [-0.2, -0.15) is 0 Å². The number of hydrogen-bond donors (Lipinski definition) is 2. The Hall–Kier alpha value is -1.92. The van der Waals surface area contributed by atoms with Gasteiger partial charge < -0.3 is 15.2 Å². The summed E-state index contributed by atoms with van der Waals surface area (Å²) in [6.45, 7) is 3.86. The maximum atomic E-state index is 12.4. The first-order chi connectivity index (χ1) is 11.7. The molecule has 7 heteroatoms. The van der Waals surface area contributed by atoms with E-state index in [1.807, 2.05) is 23.1 Å². The Bertz CT molecular complexity index is 810. The minimum absolute atomic E-state index is 0. The highest BCUT2D eigenvalue weighted by atomic mass is 35.5. The van der Waals surface area contributed by atoms with Gasteiger partial charge in [-0.1, -0.05) is 12.1 Å². The van der Waals surface area contributed by atoms with Gasteiger partial charge >= 0.3 is 0 Å². The van der Waals surface area contributed by atoms with Crippen LogP contribution >= 0.6 is 12.4 Å². The van der Waals surface area contributed by atoms with E-state index in [0.29, 0.717) is 47.8 Å². The number of carbonyl (C=O) groups excluding carboxylic acids is 1. The summed E-state index contributed by atoms with van der Waals surface area (Å²) in [4.78, 5) is 33.7. The van der Waals surface area contributed by atoms with Gasteiger partial charge in [0, 0.05) is 39.0 Å². The van der Waals surface area contributed by atoms with E-state index in [1.165, 1.54) is 0 Å². The van der Waals surface area contributed by atoms with E-state index in [-0.39, 0.29) is 23.9 Å². The number of amides is 1. The van der Waals surface area contributed by atoms with E-state index in [1.54, 1.807) is 6.07 Å². The SMILES string of the molecule is Cl.O=C(CCCc1nc2ccccc2c(=O)[nH]1)N1C[C@H]2CNC[C@H]2C1. The number of likely N-dealkylation sites (tertiary alicyclic amines) is 1. The van der Waals surface area contributed by atoms with Crippen LogP contribution in [0.5, 0.6) is 0 Å². The molecule has 6 nitrogen and oxygen atoms in total. The van der Waals surface area contributed by atoms with Crippen molar-refractivity contribution in [1.82, 2.24) is 20.2 Å². The normalized spacial score (nSPS) is 22.0. The number of para-hydroxylation sites is 1. The van der Waals surface area contributed by atoms with Gasteiger partial charge in [-0.25, -0.2) is 4.98 Å². The number of fused-ring (bicyclic) bond motifs is 2. The number of rotatable bonds is 4. The van der Waals surface area contributed by atoms with Crippen molar-refractivity contribution in [3.05, 3.63) is 40.4 Å². The average Bonchev–Trinajstić information content (AvgIpc) is 3.16. The van der Waals surface area contributed by atoms with Crippen LogP contribution in [-0.2, 0) is 11.2 Å². The highest BCUT2D eigenvalue weighted by molar-refractivity contribution is 5.85. The molecule has 2 aromatic rings. The third-order valence-electron chi connectivity index (χ3n) is 5.21. The number of aryl methyl sites for hydroxylation is 1. The van der Waals surface area contributed by atoms with Gasteiger partial charge in [0.25, 0.3) is 5.56 Å². The number of benzene rings is 1. The first-order valence-corrected chi connectivity index (χ1v) is 8.67. The summed E-state index contributed by atoms with van der Waals surface area (Å²) >= 11 is 0. The number of aromatic nitrogens is 2. The molecule has 0 radical (unpaired) electrons. The predicted octanol–water partition coefficient (Wildman–Crippen LogP) is 1.35. The molecular formula is C18H23ClN4O2. The molecule has 25 heavy (non-hydrogen) atoms. The summed E-state index contributed by atoms with van der Waals surface area (Å²) in [6, 6.07) is 7.32. The van der Waals surface area contributed by atoms with Crippen LogP contribution in [0.2, 0.25) is 0 Å². The highest BCUT2D eigenvalue weighted by Gasteiger charge is 2.37. The molecule has 0 aliphatic carbocycles. The zero-order valence-electron chi connectivity index (χ0n) is 14.0. The molecule has 4 rings (SSSR count). The van der Waals surface area contributed by atoms with Gasteiger partial charge in [-0.15, -0.1) is 12.4 Å². The van der Waals surface area contributed by atoms with Crippen molar-refractivity contribution in [2.45, 2.75) is 19.3 Å². The number of aromatic amines is 1. The highest BCUT2D eigenvalue weighted by Crippen LogP contribution is 2.26. The topological polar surface area (TPSA) is 78.1 Å². The molecule has 2 atom stereocenters. The zero-order valence-corrected chi connectivity index (χ0v) is 14.8. The lowest BCUT2D eigenvalue weighted by Crippen LogP contribution is -2.31. The lowest BCUT2D eigenvalue weighted by atomic mass is 10.0. The van der Waals surface area contributed by atoms with E-state index >= 15 is 0 Å². The van der Waals surface area contributed by atoms with Crippen LogP contribution < -0.4 is 10.9 Å². The summed E-state index contributed by atoms with van der Waals surface area (Å²) in [5.74, 6) is 2.15. The molecule has 0 unspecified atom stereocenters. The van der Waals surface area contributed by atoms with Crippen LogP contribution in [-0.4, -0.2) is 47.0 Å². The fourth-order valence-corrected chi connectivity index (χ4v) is 3.88. The molecule has 1 aromatic heterocycles. The standard InChI is InChI=1S/C18H22N4O2.ClH/c23-17(22-10-12-8-19-9-13(12)11-22)7-3-6-16-20-15-5-2-1-4-14(15)18(24)21-16;/h1-2,4-5,12-13,19H,3,6-11H2,(H,20,21,24);1H/t12-,13+;. The van der Waals surface area contributed by atoms with Crippen LogP contribution in [0.1, 0.15) is 18.7 Å². The quantitative estimate of drug-likeness (QED) is 0.860. The van der Waals surface area contributed by atoms with Gasteiger partial charge in [0.05, 0.1) is 10.9 Å². The molecular weight excluding hydrogens is 340 g/mol. The fraction of sp³-hybridized carbons (Fsp3) is 0.500. The third-order valence-corrected chi connectivity index (χ3v) is 5.21. The molecule has 2 fully saturated rings. The van der Waals surface area contributed by atoms with Gasteiger partial charge in [0.15, 0.2) is 0 Å². The second-order valence-corrected chi connectivity index (χ2v) is 6.86. The molecule has 2 N–H and O–H groups in total. The summed E-state index contributed by atoms with van der Waals surface area (Å²) in [5.41, 5.74) is 0.601. The van der Waals surface area contributed by atoms with Crippen LogP contribution in [0.3, 0.4) is 0 Å². The first kappa shape index (κ1) is 17.9. The van der Waals surface area contributed by atoms with Crippen LogP contribution in [0.25, 0.3) is 10.9 Å². The van der Waals surface area contributed by atoms with E-state index in [9.17, 15) is 9.59 Å². The molecule has 2 aliphatic rings. The average molecular weight is 363 g/mol.